The summed E-state index contributed by atoms with van der Waals surface area (Å²) >= 11 is 0. The van der Waals surface area contributed by atoms with E-state index in [1.165, 1.54) is 6.07 Å². The smallest absolute Gasteiger partial charge is 0.255 e. The van der Waals surface area contributed by atoms with Gasteiger partial charge in [-0.25, -0.2) is 0 Å². The molecule has 0 fully saturated rings. The lowest BCUT2D eigenvalue weighted by Crippen LogP contribution is -2.14. The van der Waals surface area contributed by atoms with E-state index in [-0.39, 0.29) is 17.4 Å². The first kappa shape index (κ1) is 19.5. The summed E-state index contributed by atoms with van der Waals surface area (Å²) in [6, 6.07) is 19.1. The number of Topliss-reactive ketones (excluding diaryl/α,β-unsaturated/α-hetero) is 1. The van der Waals surface area contributed by atoms with Crippen LogP contribution in [0.15, 0.2) is 72.3 Å². The summed E-state index contributed by atoms with van der Waals surface area (Å²) in [6.45, 7) is 0. The van der Waals surface area contributed by atoms with E-state index in [2.05, 4.69) is 5.32 Å². The van der Waals surface area contributed by atoms with Gasteiger partial charge < -0.3 is 15.2 Å². The number of anilines is 1. The van der Waals surface area contributed by atoms with Crippen LogP contribution in [0, 0.1) is 0 Å². The van der Waals surface area contributed by atoms with Crippen LogP contribution in [0.1, 0.15) is 38.3 Å². The second-order valence-electron chi connectivity index (χ2n) is 7.15. The van der Waals surface area contributed by atoms with Crippen LogP contribution in [0.2, 0.25) is 0 Å². The molecule has 30 heavy (non-hydrogen) atoms. The van der Waals surface area contributed by atoms with Crippen molar-refractivity contribution in [2.45, 2.75) is 12.8 Å². The monoisotopic (exact) mass is 399 g/mol. The van der Waals surface area contributed by atoms with Crippen LogP contribution in [0.25, 0.3) is 6.08 Å². The van der Waals surface area contributed by atoms with Gasteiger partial charge in [-0.15, -0.1) is 0 Å². The molecule has 0 saturated heterocycles. The summed E-state index contributed by atoms with van der Waals surface area (Å²) in [4.78, 5) is 25.3. The molecule has 0 aromatic heterocycles. The van der Waals surface area contributed by atoms with Crippen molar-refractivity contribution >= 4 is 23.5 Å². The minimum absolute atomic E-state index is 0.0241. The highest BCUT2D eigenvalue weighted by molar-refractivity contribution is 6.13. The molecule has 3 aromatic rings. The topological polar surface area (TPSA) is 75.6 Å². The third kappa shape index (κ3) is 4.10. The Morgan fingerprint density at radius 1 is 1.03 bits per heavy atom. The first-order valence-electron chi connectivity index (χ1n) is 9.66. The van der Waals surface area contributed by atoms with Gasteiger partial charge in [0.25, 0.3) is 5.91 Å². The molecule has 0 atom stereocenters. The number of ether oxygens (including phenoxy) is 1. The summed E-state index contributed by atoms with van der Waals surface area (Å²) in [6.07, 6.45) is 3.17. The van der Waals surface area contributed by atoms with Crippen LogP contribution in [0.5, 0.6) is 11.5 Å². The van der Waals surface area contributed by atoms with Crippen molar-refractivity contribution in [1.82, 2.24) is 0 Å². The Morgan fingerprint density at radius 2 is 1.83 bits per heavy atom. The minimum atomic E-state index is -0.218. The fourth-order valence-corrected chi connectivity index (χ4v) is 3.56. The maximum absolute atomic E-state index is 12.8. The van der Waals surface area contributed by atoms with Gasteiger partial charge in [0.05, 0.1) is 7.11 Å². The summed E-state index contributed by atoms with van der Waals surface area (Å²) in [5, 5.41) is 12.5. The Hall–Kier alpha value is -3.86. The zero-order valence-corrected chi connectivity index (χ0v) is 16.5. The van der Waals surface area contributed by atoms with Crippen molar-refractivity contribution in [3.63, 3.8) is 0 Å². The zero-order chi connectivity index (χ0) is 21.1. The number of amides is 1. The summed E-state index contributed by atoms with van der Waals surface area (Å²) in [5.74, 6) is 0.622. The van der Waals surface area contributed by atoms with Crippen LogP contribution >= 0.6 is 0 Å². The van der Waals surface area contributed by atoms with Gasteiger partial charge in [0, 0.05) is 22.4 Å². The number of methoxy groups -OCH3 is 1. The van der Waals surface area contributed by atoms with Gasteiger partial charge in [-0.2, -0.15) is 0 Å². The van der Waals surface area contributed by atoms with Gasteiger partial charge in [-0.1, -0.05) is 12.1 Å². The van der Waals surface area contributed by atoms with Crippen molar-refractivity contribution in [3.8, 4) is 11.5 Å². The number of phenols is 1. The van der Waals surface area contributed by atoms with Gasteiger partial charge in [-0.3, -0.25) is 9.59 Å². The molecule has 0 aliphatic heterocycles. The molecule has 0 heterocycles. The van der Waals surface area contributed by atoms with E-state index in [0.29, 0.717) is 41.0 Å². The molecule has 1 amide bonds. The second-order valence-corrected chi connectivity index (χ2v) is 7.15. The average Bonchev–Trinajstić information content (AvgIpc) is 2.76. The van der Waals surface area contributed by atoms with Crippen LogP contribution < -0.4 is 10.1 Å². The quantitative estimate of drug-likeness (QED) is 0.614. The van der Waals surface area contributed by atoms with Gasteiger partial charge >= 0.3 is 0 Å². The predicted molar refractivity (Wildman–Crippen MR) is 116 cm³/mol. The SMILES string of the molecule is COc1ccc(C(=O)Nc2cccc(/C=C3\CCc4cc(O)ccc4C3=O)c2)cc1. The van der Waals surface area contributed by atoms with Crippen LogP contribution in [0.3, 0.4) is 0 Å². The van der Waals surface area contributed by atoms with E-state index in [1.807, 2.05) is 30.3 Å². The molecule has 1 aliphatic rings. The largest absolute Gasteiger partial charge is 0.508 e. The lowest BCUT2D eigenvalue weighted by molar-refractivity contribution is 0.101. The number of hydrogen-bond donors (Lipinski definition) is 2. The number of rotatable bonds is 4. The Labute approximate surface area is 174 Å². The fourth-order valence-electron chi connectivity index (χ4n) is 3.56. The number of carbonyl (C=O) groups is 2. The number of fused-ring (bicyclic) bond motifs is 1. The summed E-state index contributed by atoms with van der Waals surface area (Å²) < 4.78 is 5.11. The van der Waals surface area contributed by atoms with Crippen molar-refractivity contribution in [1.29, 1.82) is 0 Å². The minimum Gasteiger partial charge on any atom is -0.508 e. The van der Waals surface area contributed by atoms with Crippen LogP contribution in [-0.4, -0.2) is 23.9 Å². The number of aromatic hydroxyl groups is 1. The second kappa shape index (κ2) is 8.25. The molecule has 3 aromatic carbocycles. The van der Waals surface area contributed by atoms with E-state index in [1.54, 1.807) is 43.5 Å². The van der Waals surface area contributed by atoms with Crippen LogP contribution in [-0.2, 0) is 6.42 Å². The molecule has 0 unspecified atom stereocenters. The maximum Gasteiger partial charge on any atom is 0.255 e. The van der Waals surface area contributed by atoms with Crippen LogP contribution in [0.4, 0.5) is 5.69 Å². The van der Waals surface area contributed by atoms with E-state index in [9.17, 15) is 14.7 Å². The number of allylic oxidation sites excluding steroid dienone is 1. The Kier molecular flexibility index (Phi) is 5.35. The number of benzene rings is 3. The highest BCUT2D eigenvalue weighted by Gasteiger charge is 2.22. The highest BCUT2D eigenvalue weighted by Crippen LogP contribution is 2.29. The van der Waals surface area contributed by atoms with E-state index in [4.69, 9.17) is 4.74 Å². The molecule has 150 valence electrons. The van der Waals surface area contributed by atoms with Gasteiger partial charge in [0.1, 0.15) is 11.5 Å². The lowest BCUT2D eigenvalue weighted by atomic mass is 9.86. The molecule has 0 spiro atoms. The maximum atomic E-state index is 12.8. The summed E-state index contributed by atoms with van der Waals surface area (Å²) in [5.41, 5.74) is 4.24. The molecular weight excluding hydrogens is 378 g/mol. The molecule has 0 radical (unpaired) electrons. The first-order valence-corrected chi connectivity index (χ1v) is 9.66. The van der Waals surface area contributed by atoms with Gasteiger partial charge in [0.2, 0.25) is 0 Å². The Bertz CT molecular complexity index is 1150. The van der Waals surface area contributed by atoms with Crippen molar-refractivity contribution in [2.24, 2.45) is 0 Å². The lowest BCUT2D eigenvalue weighted by Gasteiger charge is -2.17. The van der Waals surface area contributed by atoms with Crippen molar-refractivity contribution in [3.05, 3.63) is 94.6 Å². The van der Waals surface area contributed by atoms with Crippen molar-refractivity contribution < 1.29 is 19.4 Å². The molecule has 4 rings (SSSR count). The van der Waals surface area contributed by atoms with E-state index in [0.717, 1.165) is 11.1 Å². The van der Waals surface area contributed by atoms with Gasteiger partial charge in [0.15, 0.2) is 5.78 Å². The standard InChI is InChI=1S/C25H21NO4/c1-30-22-10-7-17(8-11-22)25(29)26-20-4-2-3-16(14-20)13-19-6-5-18-15-21(27)9-12-23(18)24(19)28/h2-4,7-15,27H,5-6H2,1H3,(H,26,29)/b19-13+. The summed E-state index contributed by atoms with van der Waals surface area (Å²) in [7, 11) is 1.58. The van der Waals surface area contributed by atoms with Crippen molar-refractivity contribution in [2.75, 3.05) is 12.4 Å². The molecule has 0 saturated carbocycles. The molecule has 1 aliphatic carbocycles. The Morgan fingerprint density at radius 3 is 2.60 bits per heavy atom. The number of hydrogen-bond acceptors (Lipinski definition) is 4. The molecular formula is C25H21NO4. The number of ketones is 1. The molecule has 0 bridgehead atoms. The van der Waals surface area contributed by atoms with E-state index >= 15 is 0 Å². The van der Waals surface area contributed by atoms with Gasteiger partial charge in [-0.05, 0) is 84.6 Å². The molecule has 5 heteroatoms. The fraction of sp³-hybridized carbons (Fsp3) is 0.120. The number of nitrogens with one attached hydrogen (secondary N) is 1. The third-order valence-electron chi connectivity index (χ3n) is 5.13. The average molecular weight is 399 g/mol. The third-order valence-corrected chi connectivity index (χ3v) is 5.13. The first-order chi connectivity index (χ1) is 14.5. The number of phenolic OH excluding ortho intramolecular Hbond substituents is 1. The molecule has 2 N–H and O–H groups in total. The Balaban J connectivity index is 1.52. The molecule has 5 nitrogen and oxygen atoms in total. The normalized spacial score (nSPS) is 14.3. The zero-order valence-electron chi connectivity index (χ0n) is 16.5. The predicted octanol–water partition coefficient (Wildman–Crippen LogP) is 4.87. The van der Waals surface area contributed by atoms with E-state index < -0.39 is 0 Å². The number of carbonyl (C=O) groups excluding carboxylic acids is 2. The number of aryl methyl sites for hydroxylation is 1. The highest BCUT2D eigenvalue weighted by atomic mass is 16.5.